The summed E-state index contributed by atoms with van der Waals surface area (Å²) in [6.45, 7) is 1.28. The molecule has 3 aromatic rings. The molecule has 1 heterocycles. The van der Waals surface area contributed by atoms with E-state index in [0.29, 0.717) is 42.9 Å². The second kappa shape index (κ2) is 15.6. The Balaban J connectivity index is 1.28. The Hall–Kier alpha value is -4.33. The van der Waals surface area contributed by atoms with Crippen molar-refractivity contribution in [3.63, 3.8) is 0 Å². The number of carbonyl (C=O) groups is 3. The maximum absolute atomic E-state index is 13.2. The lowest BCUT2D eigenvalue weighted by Gasteiger charge is -2.35. The number of aliphatic carboxylic acids is 2. The van der Waals surface area contributed by atoms with Gasteiger partial charge in [-0.25, -0.2) is 4.79 Å². The number of benzene rings is 3. The summed E-state index contributed by atoms with van der Waals surface area (Å²) in [6.07, 6.45) is 5.65. The van der Waals surface area contributed by atoms with Gasteiger partial charge in [0.05, 0.1) is 18.8 Å². The van der Waals surface area contributed by atoms with Crippen LogP contribution in [0.5, 0.6) is 11.5 Å². The van der Waals surface area contributed by atoms with Crippen molar-refractivity contribution >= 4 is 23.4 Å². The number of hydrogen-bond acceptors (Lipinski definition) is 6. The number of rotatable bonds is 17. The zero-order valence-corrected chi connectivity index (χ0v) is 23.9. The van der Waals surface area contributed by atoms with Crippen molar-refractivity contribution in [1.82, 2.24) is 0 Å². The second-order valence-electron chi connectivity index (χ2n) is 10.6. The van der Waals surface area contributed by atoms with Crippen LogP contribution in [0.4, 0.5) is 5.69 Å². The summed E-state index contributed by atoms with van der Waals surface area (Å²) < 4.78 is 11.7. The van der Waals surface area contributed by atoms with Crippen LogP contribution < -0.4 is 14.4 Å². The number of hydrogen-bond donors (Lipinski definition) is 2. The molecule has 42 heavy (non-hydrogen) atoms. The van der Waals surface area contributed by atoms with Gasteiger partial charge in [0.25, 0.3) is 0 Å². The highest BCUT2D eigenvalue weighted by atomic mass is 16.5. The molecule has 222 valence electrons. The van der Waals surface area contributed by atoms with Gasteiger partial charge in [-0.15, -0.1) is 0 Å². The topological polar surface area (TPSA) is 113 Å². The lowest BCUT2D eigenvalue weighted by molar-refractivity contribution is -0.145. The Kier molecular flexibility index (Phi) is 11.4. The molecule has 0 saturated heterocycles. The smallest absolute Gasteiger partial charge is 0.346 e. The number of ether oxygens (including phenoxy) is 2. The Labute approximate surface area is 246 Å². The van der Waals surface area contributed by atoms with E-state index in [1.165, 1.54) is 5.56 Å². The van der Waals surface area contributed by atoms with E-state index in [1.807, 2.05) is 23.1 Å². The van der Waals surface area contributed by atoms with E-state index >= 15 is 0 Å². The van der Waals surface area contributed by atoms with Crippen molar-refractivity contribution in [3.05, 3.63) is 89.5 Å². The van der Waals surface area contributed by atoms with Crippen LogP contribution in [-0.2, 0) is 22.4 Å². The molecule has 8 heteroatoms. The van der Waals surface area contributed by atoms with Crippen molar-refractivity contribution in [3.8, 4) is 11.5 Å². The van der Waals surface area contributed by atoms with E-state index < -0.39 is 18.0 Å². The minimum absolute atomic E-state index is 0.0611. The van der Waals surface area contributed by atoms with Crippen molar-refractivity contribution in [2.24, 2.45) is 0 Å². The fraction of sp³-hybridized carbons (Fsp3) is 0.382. The number of aryl methyl sites for hydroxylation is 1. The monoisotopic (exact) mass is 573 g/mol. The van der Waals surface area contributed by atoms with Gasteiger partial charge in [-0.3, -0.25) is 9.59 Å². The highest BCUT2D eigenvalue weighted by Crippen LogP contribution is 2.37. The molecule has 1 unspecified atom stereocenters. The number of nitrogens with zero attached hydrogens (tertiary/aromatic N) is 1. The summed E-state index contributed by atoms with van der Waals surface area (Å²) >= 11 is 0. The third kappa shape index (κ3) is 9.09. The summed E-state index contributed by atoms with van der Waals surface area (Å²) in [6, 6.07) is 23.1. The van der Waals surface area contributed by atoms with E-state index in [1.54, 1.807) is 30.3 Å². The van der Waals surface area contributed by atoms with E-state index in [4.69, 9.17) is 14.6 Å². The number of fused-ring (bicyclic) bond motifs is 1. The predicted molar refractivity (Wildman–Crippen MR) is 161 cm³/mol. The minimum Gasteiger partial charge on any atom is -0.494 e. The Morgan fingerprint density at radius 2 is 1.60 bits per heavy atom. The quantitative estimate of drug-likeness (QED) is 0.145. The minimum atomic E-state index is -1.08. The molecule has 3 aromatic carbocycles. The molecular formula is C34H39NO7. The fourth-order valence-electron chi connectivity index (χ4n) is 5.12. The molecule has 0 amide bonds. The van der Waals surface area contributed by atoms with Gasteiger partial charge in [0.15, 0.2) is 5.78 Å². The SMILES string of the molecule is O=C(O)CCCCN1CC(C(=O)O)Oc2c(CC(=O)c3ccc(OCCCCCCc4ccccc4)cc3)cccc21. The van der Waals surface area contributed by atoms with E-state index in [-0.39, 0.29) is 25.2 Å². The van der Waals surface area contributed by atoms with Gasteiger partial charge < -0.3 is 24.6 Å². The average Bonchev–Trinajstić information content (AvgIpc) is 2.99. The molecule has 2 N–H and O–H groups in total. The van der Waals surface area contributed by atoms with Crippen molar-refractivity contribution in [2.45, 2.75) is 63.9 Å². The molecular weight excluding hydrogens is 534 g/mol. The van der Waals surface area contributed by atoms with Crippen LogP contribution in [0.2, 0.25) is 0 Å². The third-order valence-corrected chi connectivity index (χ3v) is 7.41. The maximum Gasteiger partial charge on any atom is 0.346 e. The first-order valence-electron chi connectivity index (χ1n) is 14.7. The number of para-hydroxylation sites is 1. The van der Waals surface area contributed by atoms with Gasteiger partial charge in [-0.1, -0.05) is 55.3 Å². The van der Waals surface area contributed by atoms with Crippen molar-refractivity contribution in [2.75, 3.05) is 24.6 Å². The van der Waals surface area contributed by atoms with Crippen LogP contribution in [0, 0.1) is 0 Å². The normalized spacial score (nSPS) is 14.1. The molecule has 0 bridgehead atoms. The average molecular weight is 574 g/mol. The lowest BCUT2D eigenvalue weighted by atomic mass is 10.00. The first-order chi connectivity index (χ1) is 20.4. The standard InChI is InChI=1S/C34H39NO7/c36-30(26-17-19-28(20-18-26)41-22-9-2-1-4-11-25-12-5-3-6-13-25)23-27-14-10-15-29-33(27)42-31(34(39)40)24-35(29)21-8-7-16-32(37)38/h3,5-6,10,12-15,17-20,31H,1-2,4,7-9,11,16,21-24H2,(H,37,38)(H,39,40). The summed E-state index contributed by atoms with van der Waals surface area (Å²) in [5.41, 5.74) is 3.25. The molecule has 4 rings (SSSR count). The van der Waals surface area contributed by atoms with Gasteiger partial charge in [0, 0.05) is 30.5 Å². The molecule has 1 atom stereocenters. The largest absolute Gasteiger partial charge is 0.494 e. The van der Waals surface area contributed by atoms with E-state index in [9.17, 15) is 19.5 Å². The summed E-state index contributed by atoms with van der Waals surface area (Å²) in [4.78, 5) is 37.7. The summed E-state index contributed by atoms with van der Waals surface area (Å²) in [5.74, 6) is -0.931. The number of carboxylic acids is 2. The molecule has 0 aromatic heterocycles. The highest BCUT2D eigenvalue weighted by Gasteiger charge is 2.32. The van der Waals surface area contributed by atoms with Crippen LogP contribution in [-0.4, -0.2) is 53.7 Å². The molecule has 0 spiro atoms. The summed E-state index contributed by atoms with van der Waals surface area (Å²) in [7, 11) is 0. The second-order valence-corrected chi connectivity index (χ2v) is 10.6. The number of anilines is 1. The number of carbonyl (C=O) groups excluding carboxylic acids is 1. The zero-order valence-electron chi connectivity index (χ0n) is 23.9. The van der Waals surface area contributed by atoms with Crippen LogP contribution in [0.15, 0.2) is 72.8 Å². The Morgan fingerprint density at radius 3 is 2.33 bits per heavy atom. The molecule has 0 fully saturated rings. The van der Waals surface area contributed by atoms with Crippen LogP contribution in [0.1, 0.15) is 66.4 Å². The van der Waals surface area contributed by atoms with Crippen LogP contribution >= 0.6 is 0 Å². The fourth-order valence-corrected chi connectivity index (χ4v) is 5.12. The Morgan fingerprint density at radius 1 is 0.833 bits per heavy atom. The first kappa shape index (κ1) is 30.6. The van der Waals surface area contributed by atoms with E-state index in [0.717, 1.165) is 43.5 Å². The van der Waals surface area contributed by atoms with Gasteiger partial charge >= 0.3 is 11.9 Å². The molecule has 0 saturated carbocycles. The Bertz CT molecular complexity index is 1320. The van der Waals surface area contributed by atoms with Crippen LogP contribution in [0.25, 0.3) is 0 Å². The van der Waals surface area contributed by atoms with Crippen LogP contribution in [0.3, 0.4) is 0 Å². The van der Waals surface area contributed by atoms with Crippen molar-refractivity contribution in [1.29, 1.82) is 0 Å². The van der Waals surface area contributed by atoms with Gasteiger partial charge in [-0.2, -0.15) is 0 Å². The predicted octanol–water partition coefficient (Wildman–Crippen LogP) is 6.20. The summed E-state index contributed by atoms with van der Waals surface area (Å²) in [5, 5.41) is 18.6. The van der Waals surface area contributed by atoms with Crippen molar-refractivity contribution < 1.29 is 34.1 Å². The number of ketones is 1. The third-order valence-electron chi connectivity index (χ3n) is 7.41. The molecule has 1 aliphatic rings. The maximum atomic E-state index is 13.2. The number of unbranched alkanes of at least 4 members (excludes halogenated alkanes) is 4. The highest BCUT2D eigenvalue weighted by molar-refractivity contribution is 5.98. The molecule has 8 nitrogen and oxygen atoms in total. The van der Waals surface area contributed by atoms with Gasteiger partial charge in [-0.05, 0) is 68.0 Å². The molecule has 0 aliphatic carbocycles. The zero-order chi connectivity index (χ0) is 29.7. The number of Topliss-reactive ketones (excluding diaryl/α,β-unsaturated/α-hetero) is 1. The molecule has 0 radical (unpaired) electrons. The molecule has 1 aliphatic heterocycles. The first-order valence-corrected chi connectivity index (χ1v) is 14.7. The van der Waals surface area contributed by atoms with Gasteiger partial charge in [0.1, 0.15) is 11.5 Å². The number of carboxylic acid groups (broad SMARTS) is 2. The van der Waals surface area contributed by atoms with Gasteiger partial charge in [0.2, 0.25) is 6.10 Å². The lowest BCUT2D eigenvalue weighted by Crippen LogP contribution is -2.45. The van der Waals surface area contributed by atoms with E-state index in [2.05, 4.69) is 24.3 Å².